The van der Waals surface area contributed by atoms with Gasteiger partial charge in [-0.25, -0.2) is 0 Å². The number of thioether (sulfide) groups is 1. The maximum Gasteiger partial charge on any atom is 0.305 e. The molecular formula is C17H19NO4S. The standard InChI is InChI=1S/C17H19NO4S/c1-22-15(19)10-6-5-9-14-16(20)13(11-23-14)18-17(21)12-7-3-2-4-8-12/h2-4,7-9,13H,5-6,10-11H2,1H3,(H,18,21)/t13-/m1/s1. The lowest BCUT2D eigenvalue weighted by Gasteiger charge is -2.09. The number of amides is 1. The first-order chi connectivity index (χ1) is 11.1. The van der Waals surface area contributed by atoms with Crippen molar-refractivity contribution in [3.8, 4) is 0 Å². The number of hydrogen-bond donors (Lipinski definition) is 1. The Balaban J connectivity index is 1.84. The molecule has 1 aromatic rings. The number of nitrogens with one attached hydrogen (secondary N) is 1. The zero-order valence-corrected chi connectivity index (χ0v) is 13.7. The van der Waals surface area contributed by atoms with E-state index in [0.717, 1.165) is 0 Å². The number of hydrogen-bond acceptors (Lipinski definition) is 5. The number of carbonyl (C=O) groups excluding carboxylic acids is 3. The van der Waals surface area contributed by atoms with Crippen LogP contribution in [0.2, 0.25) is 0 Å². The molecule has 1 aromatic carbocycles. The Labute approximate surface area is 139 Å². The lowest BCUT2D eigenvalue weighted by atomic mass is 10.1. The van der Waals surface area contributed by atoms with Crippen molar-refractivity contribution >= 4 is 29.4 Å². The van der Waals surface area contributed by atoms with Gasteiger partial charge in [-0.2, -0.15) is 0 Å². The third-order valence-corrected chi connectivity index (χ3v) is 4.63. The maximum absolute atomic E-state index is 12.3. The van der Waals surface area contributed by atoms with E-state index in [0.29, 0.717) is 35.5 Å². The molecular weight excluding hydrogens is 314 g/mol. The molecule has 0 radical (unpaired) electrons. The third kappa shape index (κ3) is 4.96. The van der Waals surface area contributed by atoms with Crippen LogP contribution in [-0.4, -0.2) is 36.6 Å². The van der Waals surface area contributed by atoms with Crippen LogP contribution in [0.5, 0.6) is 0 Å². The first-order valence-corrected chi connectivity index (χ1v) is 8.40. The number of benzene rings is 1. The summed E-state index contributed by atoms with van der Waals surface area (Å²) in [5.74, 6) is -0.00379. The number of methoxy groups -OCH3 is 1. The monoisotopic (exact) mass is 333 g/mol. The van der Waals surface area contributed by atoms with Crippen molar-refractivity contribution in [2.24, 2.45) is 0 Å². The number of ketones is 1. The fourth-order valence-electron chi connectivity index (χ4n) is 2.17. The minimum Gasteiger partial charge on any atom is -0.469 e. The van der Waals surface area contributed by atoms with E-state index in [2.05, 4.69) is 10.1 Å². The lowest BCUT2D eigenvalue weighted by molar-refractivity contribution is -0.140. The van der Waals surface area contributed by atoms with Crippen molar-refractivity contribution in [2.75, 3.05) is 12.9 Å². The molecule has 0 bridgehead atoms. The summed E-state index contributed by atoms with van der Waals surface area (Å²) in [6, 6.07) is 8.35. The number of unbranched alkanes of at least 4 members (excludes halogenated alkanes) is 1. The minimum atomic E-state index is -0.487. The molecule has 1 N–H and O–H groups in total. The highest BCUT2D eigenvalue weighted by Gasteiger charge is 2.31. The fraction of sp³-hybridized carbons (Fsp3) is 0.353. The molecule has 1 atom stereocenters. The van der Waals surface area contributed by atoms with Crippen molar-refractivity contribution in [1.29, 1.82) is 0 Å². The number of ether oxygens (including phenoxy) is 1. The normalized spacial score (nSPS) is 18.9. The summed E-state index contributed by atoms with van der Waals surface area (Å²) >= 11 is 1.44. The molecule has 0 unspecified atom stereocenters. The molecule has 5 nitrogen and oxygen atoms in total. The Morgan fingerprint density at radius 2 is 2.09 bits per heavy atom. The van der Waals surface area contributed by atoms with Gasteiger partial charge in [0.15, 0.2) is 5.78 Å². The highest BCUT2D eigenvalue weighted by molar-refractivity contribution is 8.04. The summed E-state index contributed by atoms with van der Waals surface area (Å²) in [5.41, 5.74) is 0.542. The van der Waals surface area contributed by atoms with Crippen molar-refractivity contribution in [3.05, 3.63) is 46.9 Å². The molecule has 0 saturated carbocycles. The van der Waals surface area contributed by atoms with E-state index in [9.17, 15) is 14.4 Å². The molecule has 2 rings (SSSR count). The van der Waals surface area contributed by atoms with E-state index in [-0.39, 0.29) is 17.7 Å². The number of rotatable bonds is 6. The molecule has 0 aliphatic carbocycles. The van der Waals surface area contributed by atoms with E-state index in [1.807, 2.05) is 12.1 Å². The highest BCUT2D eigenvalue weighted by atomic mass is 32.2. The number of Topliss-reactive ketones (excluding diaryl/α,β-unsaturated/α-hetero) is 1. The van der Waals surface area contributed by atoms with Gasteiger partial charge in [-0.05, 0) is 25.0 Å². The van der Waals surface area contributed by atoms with Gasteiger partial charge in [-0.3, -0.25) is 14.4 Å². The van der Waals surface area contributed by atoms with Gasteiger partial charge in [-0.1, -0.05) is 24.3 Å². The lowest BCUT2D eigenvalue weighted by Crippen LogP contribution is -2.39. The topological polar surface area (TPSA) is 72.5 Å². The van der Waals surface area contributed by atoms with Gasteiger partial charge in [0.05, 0.1) is 7.11 Å². The van der Waals surface area contributed by atoms with Crippen molar-refractivity contribution in [2.45, 2.75) is 25.3 Å². The SMILES string of the molecule is COC(=O)CCCC=C1SC[C@@H](NC(=O)c2ccccc2)C1=O. The molecule has 1 amide bonds. The highest BCUT2D eigenvalue weighted by Crippen LogP contribution is 2.28. The summed E-state index contributed by atoms with van der Waals surface area (Å²) < 4.78 is 4.57. The maximum atomic E-state index is 12.3. The Bertz CT molecular complexity index is 612. The van der Waals surface area contributed by atoms with Crippen LogP contribution < -0.4 is 5.32 Å². The van der Waals surface area contributed by atoms with Gasteiger partial charge in [0, 0.05) is 22.6 Å². The van der Waals surface area contributed by atoms with E-state index in [4.69, 9.17) is 0 Å². The van der Waals surface area contributed by atoms with Gasteiger partial charge in [-0.15, -0.1) is 11.8 Å². The first kappa shape index (κ1) is 17.3. The van der Waals surface area contributed by atoms with Crippen molar-refractivity contribution < 1.29 is 19.1 Å². The quantitative estimate of drug-likeness (QED) is 0.491. The van der Waals surface area contributed by atoms with Crippen LogP contribution in [0.3, 0.4) is 0 Å². The van der Waals surface area contributed by atoms with Gasteiger partial charge in [0.25, 0.3) is 5.91 Å². The minimum absolute atomic E-state index is 0.0580. The molecule has 1 aliphatic rings. The fourth-order valence-corrected chi connectivity index (χ4v) is 3.27. The van der Waals surface area contributed by atoms with Crippen molar-refractivity contribution in [1.82, 2.24) is 5.32 Å². The smallest absolute Gasteiger partial charge is 0.305 e. The van der Waals surface area contributed by atoms with Crippen LogP contribution >= 0.6 is 11.8 Å². The molecule has 1 aliphatic heterocycles. The first-order valence-electron chi connectivity index (χ1n) is 7.41. The van der Waals surface area contributed by atoms with E-state index in [1.54, 1.807) is 24.3 Å². The van der Waals surface area contributed by atoms with Crippen LogP contribution in [0, 0.1) is 0 Å². The zero-order valence-electron chi connectivity index (χ0n) is 12.9. The van der Waals surface area contributed by atoms with E-state index < -0.39 is 6.04 Å². The molecule has 1 fully saturated rings. The van der Waals surface area contributed by atoms with Gasteiger partial charge in [0.1, 0.15) is 6.04 Å². The van der Waals surface area contributed by atoms with Crippen LogP contribution in [-0.2, 0) is 14.3 Å². The number of carbonyl (C=O) groups is 3. The molecule has 0 aromatic heterocycles. The third-order valence-electron chi connectivity index (χ3n) is 3.45. The van der Waals surface area contributed by atoms with Crippen LogP contribution in [0.4, 0.5) is 0 Å². The van der Waals surface area contributed by atoms with Gasteiger partial charge < -0.3 is 10.1 Å². The predicted octanol–water partition coefficient (Wildman–Crippen LogP) is 2.33. The molecule has 122 valence electrons. The Hall–Kier alpha value is -2.08. The second kappa shape index (κ2) is 8.53. The molecule has 6 heteroatoms. The average Bonchev–Trinajstić information content (AvgIpc) is 2.92. The largest absolute Gasteiger partial charge is 0.469 e. The van der Waals surface area contributed by atoms with Gasteiger partial charge >= 0.3 is 5.97 Å². The second-order valence-corrected chi connectivity index (χ2v) is 6.17. The zero-order chi connectivity index (χ0) is 16.7. The van der Waals surface area contributed by atoms with E-state index >= 15 is 0 Å². The summed E-state index contributed by atoms with van der Waals surface area (Å²) in [5, 5.41) is 2.77. The molecule has 23 heavy (non-hydrogen) atoms. The second-order valence-electron chi connectivity index (χ2n) is 5.10. The van der Waals surface area contributed by atoms with Crippen molar-refractivity contribution in [3.63, 3.8) is 0 Å². The molecule has 0 spiro atoms. The van der Waals surface area contributed by atoms with Crippen LogP contribution in [0.25, 0.3) is 0 Å². The summed E-state index contributed by atoms with van der Waals surface area (Å²) in [4.78, 5) is 36.0. The Morgan fingerprint density at radius 3 is 2.78 bits per heavy atom. The number of esters is 1. The van der Waals surface area contributed by atoms with Crippen LogP contribution in [0.15, 0.2) is 41.3 Å². The molecule has 1 heterocycles. The summed E-state index contributed by atoms with van der Waals surface area (Å²) in [7, 11) is 1.36. The van der Waals surface area contributed by atoms with Gasteiger partial charge in [0.2, 0.25) is 0 Å². The average molecular weight is 333 g/mol. The molecule has 1 saturated heterocycles. The Morgan fingerprint density at radius 1 is 1.35 bits per heavy atom. The summed E-state index contributed by atoms with van der Waals surface area (Å²) in [6.07, 6.45) is 3.46. The van der Waals surface area contributed by atoms with E-state index in [1.165, 1.54) is 18.9 Å². The van der Waals surface area contributed by atoms with Crippen LogP contribution in [0.1, 0.15) is 29.6 Å². The predicted molar refractivity (Wildman–Crippen MR) is 89.1 cm³/mol. The Kier molecular flexibility index (Phi) is 6.40. The summed E-state index contributed by atoms with van der Waals surface area (Å²) in [6.45, 7) is 0. The number of allylic oxidation sites excluding steroid dienone is 1.